The lowest BCUT2D eigenvalue weighted by atomic mass is 10.1. The zero-order chi connectivity index (χ0) is 11.5. The minimum Gasteiger partial charge on any atom is -0.311 e. The molecule has 0 bridgehead atoms. The number of hydrogen-bond donors (Lipinski definition) is 1. The van der Waals surface area contributed by atoms with Crippen LogP contribution in [0.5, 0.6) is 0 Å². The minimum absolute atomic E-state index is 0.613. The molecule has 2 atom stereocenters. The summed E-state index contributed by atoms with van der Waals surface area (Å²) >= 11 is 0. The van der Waals surface area contributed by atoms with Gasteiger partial charge in [-0.1, -0.05) is 29.8 Å². The molecule has 1 aromatic carbocycles. The number of benzene rings is 1. The summed E-state index contributed by atoms with van der Waals surface area (Å²) in [4.78, 5) is 2.56. The molecule has 0 radical (unpaired) electrons. The highest BCUT2D eigenvalue weighted by Crippen LogP contribution is 2.12. The fourth-order valence-corrected chi connectivity index (χ4v) is 2.25. The Labute approximate surface area is 98.7 Å². The van der Waals surface area contributed by atoms with Gasteiger partial charge in [-0.05, 0) is 26.3 Å². The molecule has 0 amide bonds. The van der Waals surface area contributed by atoms with Gasteiger partial charge < -0.3 is 5.32 Å². The average Bonchev–Trinajstić information content (AvgIpc) is 2.27. The van der Waals surface area contributed by atoms with Gasteiger partial charge in [0, 0.05) is 31.7 Å². The molecular formula is C14H22N2. The number of hydrogen-bond acceptors (Lipinski definition) is 2. The Morgan fingerprint density at radius 1 is 1.25 bits per heavy atom. The highest BCUT2D eigenvalue weighted by molar-refractivity contribution is 5.21. The Morgan fingerprint density at radius 3 is 2.62 bits per heavy atom. The molecule has 0 spiro atoms. The van der Waals surface area contributed by atoms with Crippen molar-refractivity contribution < 1.29 is 0 Å². The Morgan fingerprint density at radius 2 is 1.94 bits per heavy atom. The van der Waals surface area contributed by atoms with Crippen LogP contribution < -0.4 is 5.32 Å². The number of aryl methyl sites for hydroxylation is 1. The maximum Gasteiger partial charge on any atom is 0.0237 e. The standard InChI is InChI=1S/C14H22N2/c1-11-4-6-14(7-5-11)10-16-9-12(2)15-8-13(16)3/h4-7,12-13,15H,8-10H2,1-3H3. The molecule has 1 aliphatic heterocycles. The smallest absolute Gasteiger partial charge is 0.0237 e. The van der Waals surface area contributed by atoms with Crippen LogP contribution in [0.25, 0.3) is 0 Å². The van der Waals surface area contributed by atoms with E-state index < -0.39 is 0 Å². The van der Waals surface area contributed by atoms with Crippen LogP contribution in [0.3, 0.4) is 0 Å². The minimum atomic E-state index is 0.613. The summed E-state index contributed by atoms with van der Waals surface area (Å²) in [6.45, 7) is 10.0. The monoisotopic (exact) mass is 218 g/mol. The molecule has 2 heteroatoms. The molecule has 0 saturated carbocycles. The quantitative estimate of drug-likeness (QED) is 0.818. The van der Waals surface area contributed by atoms with Gasteiger partial charge in [0.1, 0.15) is 0 Å². The van der Waals surface area contributed by atoms with Crippen LogP contribution in [0.15, 0.2) is 24.3 Å². The van der Waals surface area contributed by atoms with Crippen molar-refractivity contribution in [1.82, 2.24) is 10.2 Å². The van der Waals surface area contributed by atoms with Crippen molar-refractivity contribution in [1.29, 1.82) is 0 Å². The van der Waals surface area contributed by atoms with E-state index in [0.29, 0.717) is 12.1 Å². The fourth-order valence-electron chi connectivity index (χ4n) is 2.25. The van der Waals surface area contributed by atoms with Crippen molar-refractivity contribution in [2.45, 2.75) is 39.4 Å². The van der Waals surface area contributed by atoms with E-state index in [2.05, 4.69) is 55.3 Å². The van der Waals surface area contributed by atoms with Gasteiger partial charge in [0.25, 0.3) is 0 Å². The first kappa shape index (κ1) is 11.6. The lowest BCUT2D eigenvalue weighted by molar-refractivity contribution is 0.139. The Balaban J connectivity index is 2.00. The van der Waals surface area contributed by atoms with Crippen LogP contribution in [0.4, 0.5) is 0 Å². The fraction of sp³-hybridized carbons (Fsp3) is 0.571. The van der Waals surface area contributed by atoms with E-state index in [1.807, 2.05) is 0 Å². The largest absolute Gasteiger partial charge is 0.311 e. The lowest BCUT2D eigenvalue weighted by Gasteiger charge is -2.37. The maximum atomic E-state index is 3.51. The molecule has 0 aromatic heterocycles. The third-order valence-corrected chi connectivity index (χ3v) is 3.40. The lowest BCUT2D eigenvalue weighted by Crippen LogP contribution is -2.53. The summed E-state index contributed by atoms with van der Waals surface area (Å²) in [5.41, 5.74) is 2.76. The van der Waals surface area contributed by atoms with Crippen molar-refractivity contribution >= 4 is 0 Å². The first-order valence-electron chi connectivity index (χ1n) is 6.18. The summed E-state index contributed by atoms with van der Waals surface area (Å²) in [6, 6.07) is 10.1. The van der Waals surface area contributed by atoms with E-state index in [0.717, 1.165) is 19.6 Å². The van der Waals surface area contributed by atoms with Gasteiger partial charge in [-0.3, -0.25) is 4.90 Å². The van der Waals surface area contributed by atoms with Crippen molar-refractivity contribution in [3.63, 3.8) is 0 Å². The topological polar surface area (TPSA) is 15.3 Å². The third-order valence-electron chi connectivity index (χ3n) is 3.40. The van der Waals surface area contributed by atoms with Crippen molar-refractivity contribution in [2.24, 2.45) is 0 Å². The van der Waals surface area contributed by atoms with Crippen LogP contribution in [0, 0.1) is 6.92 Å². The van der Waals surface area contributed by atoms with Crippen molar-refractivity contribution in [2.75, 3.05) is 13.1 Å². The second-order valence-corrected chi connectivity index (χ2v) is 5.07. The molecule has 16 heavy (non-hydrogen) atoms. The van der Waals surface area contributed by atoms with Gasteiger partial charge in [-0.15, -0.1) is 0 Å². The van der Waals surface area contributed by atoms with Crippen LogP contribution in [-0.4, -0.2) is 30.1 Å². The molecule has 1 saturated heterocycles. The van der Waals surface area contributed by atoms with Gasteiger partial charge >= 0.3 is 0 Å². The highest BCUT2D eigenvalue weighted by atomic mass is 15.2. The van der Waals surface area contributed by atoms with E-state index in [1.165, 1.54) is 11.1 Å². The van der Waals surface area contributed by atoms with Gasteiger partial charge in [0.15, 0.2) is 0 Å². The molecule has 0 aliphatic carbocycles. The van der Waals surface area contributed by atoms with E-state index in [9.17, 15) is 0 Å². The highest BCUT2D eigenvalue weighted by Gasteiger charge is 2.21. The van der Waals surface area contributed by atoms with Crippen molar-refractivity contribution in [3.05, 3.63) is 35.4 Å². The molecule has 1 aliphatic rings. The molecular weight excluding hydrogens is 196 g/mol. The Bertz CT molecular complexity index is 331. The molecule has 1 heterocycles. The Kier molecular flexibility index (Phi) is 3.62. The van der Waals surface area contributed by atoms with Crippen LogP contribution >= 0.6 is 0 Å². The number of nitrogens with zero attached hydrogens (tertiary/aromatic N) is 1. The second kappa shape index (κ2) is 4.98. The summed E-state index contributed by atoms with van der Waals surface area (Å²) in [7, 11) is 0. The second-order valence-electron chi connectivity index (χ2n) is 5.07. The molecule has 1 fully saturated rings. The summed E-state index contributed by atoms with van der Waals surface area (Å²) in [5.74, 6) is 0. The zero-order valence-electron chi connectivity index (χ0n) is 10.5. The van der Waals surface area contributed by atoms with Gasteiger partial charge in [0.2, 0.25) is 0 Å². The van der Waals surface area contributed by atoms with Crippen molar-refractivity contribution in [3.8, 4) is 0 Å². The SMILES string of the molecule is Cc1ccc(CN2CC(C)NCC2C)cc1. The van der Waals surface area contributed by atoms with Gasteiger partial charge in [-0.2, -0.15) is 0 Å². The third kappa shape index (κ3) is 2.83. The van der Waals surface area contributed by atoms with Gasteiger partial charge in [0.05, 0.1) is 0 Å². The molecule has 2 rings (SSSR count). The molecule has 1 N–H and O–H groups in total. The van der Waals surface area contributed by atoms with E-state index >= 15 is 0 Å². The van der Waals surface area contributed by atoms with E-state index in [4.69, 9.17) is 0 Å². The number of nitrogens with one attached hydrogen (secondary N) is 1. The molecule has 2 nitrogen and oxygen atoms in total. The first-order chi connectivity index (χ1) is 7.65. The number of rotatable bonds is 2. The zero-order valence-corrected chi connectivity index (χ0v) is 10.5. The van der Waals surface area contributed by atoms with E-state index in [-0.39, 0.29) is 0 Å². The average molecular weight is 218 g/mol. The molecule has 88 valence electrons. The van der Waals surface area contributed by atoms with Crippen LogP contribution in [-0.2, 0) is 6.54 Å². The predicted octanol–water partition coefficient (Wildman–Crippen LogP) is 2.18. The van der Waals surface area contributed by atoms with E-state index in [1.54, 1.807) is 0 Å². The molecule has 1 aromatic rings. The summed E-state index contributed by atoms with van der Waals surface area (Å²) in [5, 5.41) is 3.51. The summed E-state index contributed by atoms with van der Waals surface area (Å²) < 4.78 is 0. The predicted molar refractivity (Wildman–Crippen MR) is 68.5 cm³/mol. The van der Waals surface area contributed by atoms with Crippen LogP contribution in [0.1, 0.15) is 25.0 Å². The van der Waals surface area contributed by atoms with Gasteiger partial charge in [-0.25, -0.2) is 0 Å². The Hall–Kier alpha value is -0.860. The molecule has 2 unspecified atom stereocenters. The normalized spacial score (nSPS) is 26.9. The first-order valence-corrected chi connectivity index (χ1v) is 6.18. The summed E-state index contributed by atoms with van der Waals surface area (Å²) in [6.07, 6.45) is 0. The maximum absolute atomic E-state index is 3.51. The number of piperazine rings is 1. The van der Waals surface area contributed by atoms with Crippen LogP contribution in [0.2, 0.25) is 0 Å².